The molecular formula is C9H12F5N. The summed E-state index contributed by atoms with van der Waals surface area (Å²) in [6.45, 7) is 0. The van der Waals surface area contributed by atoms with E-state index in [1.807, 2.05) is 0 Å². The molecule has 0 fully saturated rings. The maximum atomic E-state index is 13.0. The van der Waals surface area contributed by atoms with E-state index >= 15 is 0 Å². The fraction of sp³-hybridized carbons (Fsp3) is 0.778. The third-order valence-corrected chi connectivity index (χ3v) is 2.48. The summed E-state index contributed by atoms with van der Waals surface area (Å²) in [7, 11) is 1.11. The molecule has 0 amide bonds. The molecule has 0 heterocycles. The van der Waals surface area contributed by atoms with E-state index < -0.39 is 18.1 Å². The molecule has 0 aliphatic heterocycles. The maximum Gasteiger partial charge on any atom is 0.455 e. The van der Waals surface area contributed by atoms with Gasteiger partial charge >= 0.3 is 12.1 Å². The fourth-order valence-electron chi connectivity index (χ4n) is 1.72. The number of rotatable bonds is 3. The normalized spacial score (nSPS) is 20.3. The molecular weight excluding hydrogens is 217 g/mol. The zero-order valence-electron chi connectivity index (χ0n) is 8.17. The third kappa shape index (κ3) is 2.30. The lowest BCUT2D eigenvalue weighted by atomic mass is 10.00. The van der Waals surface area contributed by atoms with Gasteiger partial charge in [0, 0.05) is 0 Å². The highest BCUT2D eigenvalue weighted by molar-refractivity contribution is 5.19. The van der Waals surface area contributed by atoms with Crippen LogP contribution in [0.25, 0.3) is 0 Å². The lowest BCUT2D eigenvalue weighted by Crippen LogP contribution is -2.53. The molecule has 0 aromatic heterocycles. The first kappa shape index (κ1) is 12.4. The summed E-state index contributed by atoms with van der Waals surface area (Å²) in [5.41, 5.74) is 0.153. The van der Waals surface area contributed by atoms with E-state index in [2.05, 4.69) is 5.32 Å². The van der Waals surface area contributed by atoms with Crippen molar-refractivity contribution < 1.29 is 22.0 Å². The molecule has 88 valence electrons. The van der Waals surface area contributed by atoms with E-state index in [1.165, 1.54) is 6.08 Å². The topological polar surface area (TPSA) is 12.0 Å². The quantitative estimate of drug-likeness (QED) is 0.579. The molecule has 1 rings (SSSR count). The van der Waals surface area contributed by atoms with E-state index in [0.29, 0.717) is 19.3 Å². The first-order chi connectivity index (χ1) is 6.80. The van der Waals surface area contributed by atoms with Crippen LogP contribution in [0, 0.1) is 0 Å². The molecule has 1 aliphatic carbocycles. The maximum absolute atomic E-state index is 13.0. The van der Waals surface area contributed by atoms with Gasteiger partial charge in [0.05, 0.1) is 0 Å². The summed E-state index contributed by atoms with van der Waals surface area (Å²) in [6.07, 6.45) is -2.54. The van der Waals surface area contributed by atoms with Crippen LogP contribution >= 0.6 is 0 Å². The molecule has 1 nitrogen and oxygen atoms in total. The van der Waals surface area contributed by atoms with Crippen molar-refractivity contribution in [3.8, 4) is 0 Å². The van der Waals surface area contributed by atoms with Gasteiger partial charge in [-0.1, -0.05) is 11.6 Å². The predicted octanol–water partition coefficient (Wildman–Crippen LogP) is 2.88. The number of likely N-dealkylation sites (N-methyl/N-ethyl adjacent to an activating group) is 1. The Kier molecular flexibility index (Phi) is 3.38. The zero-order valence-corrected chi connectivity index (χ0v) is 8.17. The molecule has 15 heavy (non-hydrogen) atoms. The van der Waals surface area contributed by atoms with Gasteiger partial charge in [-0.15, -0.1) is 0 Å². The number of nitrogens with one attached hydrogen (secondary N) is 1. The van der Waals surface area contributed by atoms with Crippen LogP contribution in [-0.2, 0) is 0 Å². The van der Waals surface area contributed by atoms with Crippen LogP contribution in [-0.4, -0.2) is 25.2 Å². The Balaban J connectivity index is 2.91. The van der Waals surface area contributed by atoms with Crippen LogP contribution in [0.3, 0.4) is 0 Å². The van der Waals surface area contributed by atoms with Gasteiger partial charge in [-0.3, -0.25) is 0 Å². The molecule has 1 unspecified atom stereocenters. The number of hydrogen-bond donors (Lipinski definition) is 1. The van der Waals surface area contributed by atoms with Crippen molar-refractivity contribution in [1.29, 1.82) is 0 Å². The van der Waals surface area contributed by atoms with Gasteiger partial charge < -0.3 is 5.32 Å². The van der Waals surface area contributed by atoms with Gasteiger partial charge in [0.2, 0.25) is 0 Å². The summed E-state index contributed by atoms with van der Waals surface area (Å²) >= 11 is 0. The third-order valence-electron chi connectivity index (χ3n) is 2.48. The van der Waals surface area contributed by atoms with E-state index in [4.69, 9.17) is 0 Å². The molecule has 0 saturated heterocycles. The molecule has 0 aromatic rings. The Morgan fingerprint density at radius 3 is 2.20 bits per heavy atom. The average molecular weight is 229 g/mol. The van der Waals surface area contributed by atoms with Crippen LogP contribution < -0.4 is 5.32 Å². The lowest BCUT2D eigenvalue weighted by Gasteiger charge is -2.29. The largest absolute Gasteiger partial charge is 0.455 e. The molecule has 1 aliphatic rings. The van der Waals surface area contributed by atoms with E-state index in [0.717, 1.165) is 7.05 Å². The Morgan fingerprint density at radius 2 is 1.87 bits per heavy atom. The van der Waals surface area contributed by atoms with Crippen molar-refractivity contribution in [2.45, 2.75) is 37.4 Å². The SMILES string of the molecule is CNC(C1=CCCC1)C(F)(F)C(F)(F)F. The number of allylic oxidation sites excluding steroid dienone is 1. The summed E-state index contributed by atoms with van der Waals surface area (Å²) in [4.78, 5) is 0. The van der Waals surface area contributed by atoms with E-state index in [1.54, 1.807) is 0 Å². The fourth-order valence-corrected chi connectivity index (χ4v) is 1.72. The van der Waals surface area contributed by atoms with Crippen molar-refractivity contribution in [2.75, 3.05) is 7.05 Å². The van der Waals surface area contributed by atoms with Gasteiger partial charge in [-0.2, -0.15) is 22.0 Å². The number of halogens is 5. The molecule has 1 N–H and O–H groups in total. The summed E-state index contributed by atoms with van der Waals surface area (Å²) in [5.74, 6) is -4.71. The number of hydrogen-bond acceptors (Lipinski definition) is 1. The van der Waals surface area contributed by atoms with Crippen LogP contribution in [0.2, 0.25) is 0 Å². The Labute approximate surface area is 84.3 Å². The van der Waals surface area contributed by atoms with Gasteiger partial charge in [0.25, 0.3) is 0 Å². The van der Waals surface area contributed by atoms with Crippen LogP contribution in [0.15, 0.2) is 11.6 Å². The Bertz CT molecular complexity index is 256. The highest BCUT2D eigenvalue weighted by Gasteiger charge is 2.62. The first-order valence-corrected chi connectivity index (χ1v) is 4.61. The Hall–Kier alpha value is -0.650. The minimum Gasteiger partial charge on any atom is -0.308 e. The predicted molar refractivity (Wildman–Crippen MR) is 45.8 cm³/mol. The van der Waals surface area contributed by atoms with Crippen molar-refractivity contribution in [3.05, 3.63) is 11.6 Å². The summed E-state index contributed by atoms with van der Waals surface area (Å²) in [6, 6.07) is -1.93. The molecule has 0 saturated carbocycles. The molecule has 0 spiro atoms. The second-order valence-corrected chi connectivity index (χ2v) is 3.51. The second-order valence-electron chi connectivity index (χ2n) is 3.51. The van der Waals surface area contributed by atoms with Gasteiger partial charge in [-0.05, 0) is 26.3 Å². The average Bonchev–Trinajstić information content (AvgIpc) is 2.55. The molecule has 0 bridgehead atoms. The molecule has 0 radical (unpaired) electrons. The summed E-state index contributed by atoms with van der Waals surface area (Å²) in [5, 5.41) is 2.05. The van der Waals surface area contributed by atoms with Crippen LogP contribution in [0.1, 0.15) is 19.3 Å². The second kappa shape index (κ2) is 4.08. The lowest BCUT2D eigenvalue weighted by molar-refractivity contribution is -0.288. The zero-order chi connectivity index (χ0) is 11.7. The first-order valence-electron chi connectivity index (χ1n) is 4.61. The molecule has 1 atom stereocenters. The highest BCUT2D eigenvalue weighted by Crippen LogP contribution is 2.41. The summed E-state index contributed by atoms with van der Waals surface area (Å²) < 4.78 is 62.4. The van der Waals surface area contributed by atoms with Gasteiger partial charge in [0.15, 0.2) is 0 Å². The van der Waals surface area contributed by atoms with Crippen LogP contribution in [0.4, 0.5) is 22.0 Å². The van der Waals surface area contributed by atoms with Crippen LogP contribution in [0.5, 0.6) is 0 Å². The van der Waals surface area contributed by atoms with Crippen molar-refractivity contribution in [2.24, 2.45) is 0 Å². The van der Waals surface area contributed by atoms with Crippen molar-refractivity contribution in [3.63, 3.8) is 0 Å². The number of alkyl halides is 5. The molecule has 6 heteroatoms. The minimum atomic E-state index is -5.51. The van der Waals surface area contributed by atoms with Gasteiger partial charge in [0.1, 0.15) is 6.04 Å². The van der Waals surface area contributed by atoms with E-state index in [-0.39, 0.29) is 5.57 Å². The van der Waals surface area contributed by atoms with E-state index in [9.17, 15) is 22.0 Å². The van der Waals surface area contributed by atoms with Crippen molar-refractivity contribution in [1.82, 2.24) is 5.32 Å². The minimum absolute atomic E-state index is 0.153. The van der Waals surface area contributed by atoms with Gasteiger partial charge in [-0.25, -0.2) is 0 Å². The smallest absolute Gasteiger partial charge is 0.308 e. The molecule has 0 aromatic carbocycles. The standard InChI is InChI=1S/C9H12F5N/c1-15-7(6-4-2-3-5-6)8(10,11)9(12,13)14/h4,7,15H,2-3,5H2,1H3. The monoisotopic (exact) mass is 229 g/mol. The Morgan fingerprint density at radius 1 is 1.27 bits per heavy atom. The van der Waals surface area contributed by atoms with Crippen molar-refractivity contribution >= 4 is 0 Å². The highest BCUT2D eigenvalue weighted by atomic mass is 19.4.